The van der Waals surface area contributed by atoms with Gasteiger partial charge in [-0.3, -0.25) is 4.79 Å². The fraction of sp³-hybridized carbons (Fsp3) is 0.136. The van der Waals surface area contributed by atoms with Crippen LogP contribution in [-0.2, 0) is 11.2 Å². The van der Waals surface area contributed by atoms with Gasteiger partial charge in [-0.2, -0.15) is 0 Å². The van der Waals surface area contributed by atoms with E-state index in [0.29, 0.717) is 11.3 Å². The van der Waals surface area contributed by atoms with Crippen LogP contribution in [0.3, 0.4) is 0 Å². The van der Waals surface area contributed by atoms with Crippen LogP contribution in [0.15, 0.2) is 72.8 Å². The van der Waals surface area contributed by atoms with Gasteiger partial charge in [0.25, 0.3) is 0 Å². The molecular formula is C22H20FNO. The topological polar surface area (TPSA) is 43.1 Å². The van der Waals surface area contributed by atoms with Crippen LogP contribution in [0, 0.1) is 12.7 Å². The fourth-order valence-electron chi connectivity index (χ4n) is 3.02. The second kappa shape index (κ2) is 7.31. The molecule has 2 N–H and O–H groups in total. The Morgan fingerprint density at radius 1 is 0.960 bits per heavy atom. The molecule has 0 aliphatic rings. The summed E-state index contributed by atoms with van der Waals surface area (Å²) in [4.78, 5) is 13.1. The molecule has 3 rings (SSSR count). The highest BCUT2D eigenvalue weighted by Crippen LogP contribution is 2.28. The van der Waals surface area contributed by atoms with Crippen LogP contribution in [-0.4, -0.2) is 5.78 Å². The molecule has 2 nitrogen and oxygen atoms in total. The highest BCUT2D eigenvalue weighted by molar-refractivity contribution is 5.90. The largest absolute Gasteiger partial charge is 0.399 e. The summed E-state index contributed by atoms with van der Waals surface area (Å²) in [6, 6.07) is 21.9. The Kier molecular flexibility index (Phi) is 4.94. The minimum absolute atomic E-state index is 0.0713. The first-order chi connectivity index (χ1) is 12.0. The first-order valence-electron chi connectivity index (χ1n) is 8.22. The van der Waals surface area contributed by atoms with E-state index in [-0.39, 0.29) is 23.9 Å². The molecule has 0 aromatic heterocycles. The molecule has 0 saturated carbocycles. The summed E-state index contributed by atoms with van der Waals surface area (Å²) in [6.07, 6.45) is 0.255. The first-order valence-corrected chi connectivity index (χ1v) is 8.22. The first kappa shape index (κ1) is 16.9. The number of nitrogen functional groups attached to an aromatic ring is 1. The van der Waals surface area contributed by atoms with Crippen molar-refractivity contribution in [2.75, 3.05) is 5.73 Å². The third kappa shape index (κ3) is 3.94. The van der Waals surface area contributed by atoms with Gasteiger partial charge in [-0.05, 0) is 47.4 Å². The van der Waals surface area contributed by atoms with E-state index >= 15 is 0 Å². The number of rotatable bonds is 5. The Labute approximate surface area is 147 Å². The van der Waals surface area contributed by atoms with Gasteiger partial charge >= 0.3 is 0 Å². The molecule has 1 unspecified atom stereocenters. The van der Waals surface area contributed by atoms with Gasteiger partial charge < -0.3 is 5.73 Å². The lowest BCUT2D eigenvalue weighted by Gasteiger charge is -2.17. The van der Waals surface area contributed by atoms with Crippen LogP contribution >= 0.6 is 0 Å². The number of anilines is 1. The standard InChI is InChI=1S/C22H20FNO/c1-15-13-16(7-12-20(15)23)14-21(25)22(17-5-3-2-4-6-17)18-8-10-19(24)11-9-18/h2-13,22H,14,24H2,1H3. The monoisotopic (exact) mass is 333 g/mol. The van der Waals surface area contributed by atoms with Gasteiger partial charge in [0.05, 0.1) is 5.92 Å². The molecule has 126 valence electrons. The Balaban J connectivity index is 1.94. The third-order valence-corrected chi connectivity index (χ3v) is 4.33. The molecule has 0 fully saturated rings. The van der Waals surface area contributed by atoms with Gasteiger partial charge in [0.2, 0.25) is 0 Å². The summed E-state index contributed by atoms with van der Waals surface area (Å²) < 4.78 is 13.5. The lowest BCUT2D eigenvalue weighted by molar-refractivity contribution is -0.119. The minimum Gasteiger partial charge on any atom is -0.399 e. The average molecular weight is 333 g/mol. The summed E-state index contributed by atoms with van der Waals surface area (Å²) in [5.41, 5.74) is 9.66. The van der Waals surface area contributed by atoms with Crippen molar-refractivity contribution < 1.29 is 9.18 Å². The SMILES string of the molecule is Cc1cc(CC(=O)C(c2ccccc2)c2ccc(N)cc2)ccc1F. The molecular weight excluding hydrogens is 313 g/mol. The number of Topliss-reactive ketones (excluding diaryl/α,β-unsaturated/α-hetero) is 1. The van der Waals surface area contributed by atoms with Gasteiger partial charge in [0, 0.05) is 12.1 Å². The van der Waals surface area contributed by atoms with Gasteiger partial charge in [0.15, 0.2) is 0 Å². The van der Waals surface area contributed by atoms with Crippen LogP contribution in [0.1, 0.15) is 28.2 Å². The summed E-state index contributed by atoms with van der Waals surface area (Å²) >= 11 is 0. The molecule has 0 radical (unpaired) electrons. The van der Waals surface area contributed by atoms with Crippen molar-refractivity contribution in [2.24, 2.45) is 0 Å². The quantitative estimate of drug-likeness (QED) is 0.690. The normalized spacial score (nSPS) is 11.9. The number of hydrogen-bond acceptors (Lipinski definition) is 2. The molecule has 3 aromatic carbocycles. The Bertz CT molecular complexity index is 872. The summed E-state index contributed by atoms with van der Waals surface area (Å²) in [5, 5.41) is 0. The molecule has 0 bridgehead atoms. The van der Waals surface area contributed by atoms with Gasteiger partial charge in [-0.15, -0.1) is 0 Å². The van der Waals surface area contributed by atoms with E-state index in [1.165, 1.54) is 6.07 Å². The van der Waals surface area contributed by atoms with Crippen molar-refractivity contribution in [3.63, 3.8) is 0 Å². The summed E-state index contributed by atoms with van der Waals surface area (Å²) in [7, 11) is 0. The second-order valence-corrected chi connectivity index (χ2v) is 6.24. The van der Waals surface area contributed by atoms with Gasteiger partial charge in [0.1, 0.15) is 11.6 Å². The number of aryl methyl sites for hydroxylation is 1. The van der Waals surface area contributed by atoms with Crippen molar-refractivity contribution >= 4 is 11.5 Å². The van der Waals surface area contributed by atoms with E-state index in [4.69, 9.17) is 5.73 Å². The Morgan fingerprint density at radius 2 is 1.60 bits per heavy atom. The zero-order valence-electron chi connectivity index (χ0n) is 14.1. The van der Waals surface area contributed by atoms with Gasteiger partial charge in [-0.1, -0.05) is 54.6 Å². The van der Waals surface area contributed by atoms with Crippen LogP contribution in [0.5, 0.6) is 0 Å². The van der Waals surface area contributed by atoms with Crippen molar-refractivity contribution in [1.29, 1.82) is 0 Å². The maximum atomic E-state index is 13.5. The van der Waals surface area contributed by atoms with E-state index in [1.54, 1.807) is 31.2 Å². The van der Waals surface area contributed by atoms with E-state index in [9.17, 15) is 9.18 Å². The van der Waals surface area contributed by atoms with E-state index in [2.05, 4.69) is 0 Å². The zero-order chi connectivity index (χ0) is 17.8. The van der Waals surface area contributed by atoms with Crippen LogP contribution in [0.2, 0.25) is 0 Å². The van der Waals surface area contributed by atoms with Crippen LogP contribution < -0.4 is 5.73 Å². The highest BCUT2D eigenvalue weighted by atomic mass is 19.1. The number of nitrogens with two attached hydrogens (primary N) is 1. The number of carbonyl (C=O) groups excluding carboxylic acids is 1. The molecule has 3 heteroatoms. The Morgan fingerprint density at radius 3 is 2.24 bits per heavy atom. The molecule has 0 heterocycles. The van der Waals surface area contributed by atoms with E-state index in [1.807, 2.05) is 42.5 Å². The molecule has 0 aliphatic heterocycles. The minimum atomic E-state index is -0.368. The van der Waals surface area contributed by atoms with Crippen LogP contribution in [0.25, 0.3) is 0 Å². The fourth-order valence-corrected chi connectivity index (χ4v) is 3.02. The summed E-state index contributed by atoms with van der Waals surface area (Å²) in [6.45, 7) is 1.71. The molecule has 3 aromatic rings. The van der Waals surface area contributed by atoms with Crippen molar-refractivity contribution in [1.82, 2.24) is 0 Å². The smallest absolute Gasteiger partial charge is 0.149 e. The average Bonchev–Trinajstić information content (AvgIpc) is 2.61. The van der Waals surface area contributed by atoms with Crippen molar-refractivity contribution in [2.45, 2.75) is 19.3 Å². The molecule has 0 aliphatic carbocycles. The Hall–Kier alpha value is -2.94. The molecule has 25 heavy (non-hydrogen) atoms. The number of benzene rings is 3. The summed E-state index contributed by atoms with van der Waals surface area (Å²) in [5.74, 6) is -0.552. The van der Waals surface area contributed by atoms with Crippen molar-refractivity contribution in [3.8, 4) is 0 Å². The number of hydrogen-bond donors (Lipinski definition) is 1. The predicted molar refractivity (Wildman–Crippen MR) is 99.0 cm³/mol. The zero-order valence-corrected chi connectivity index (χ0v) is 14.1. The predicted octanol–water partition coefficient (Wildman–Crippen LogP) is 4.66. The highest BCUT2D eigenvalue weighted by Gasteiger charge is 2.22. The van der Waals surface area contributed by atoms with Gasteiger partial charge in [-0.25, -0.2) is 4.39 Å². The number of carbonyl (C=O) groups is 1. The molecule has 1 atom stereocenters. The molecule has 0 spiro atoms. The van der Waals surface area contributed by atoms with Crippen LogP contribution in [0.4, 0.5) is 10.1 Å². The number of halogens is 1. The second-order valence-electron chi connectivity index (χ2n) is 6.24. The van der Waals surface area contributed by atoms with Crippen molar-refractivity contribution in [3.05, 3.63) is 101 Å². The maximum absolute atomic E-state index is 13.5. The van der Waals surface area contributed by atoms with E-state index in [0.717, 1.165) is 16.7 Å². The molecule has 0 amide bonds. The number of ketones is 1. The lowest BCUT2D eigenvalue weighted by atomic mass is 9.85. The maximum Gasteiger partial charge on any atom is 0.149 e. The lowest BCUT2D eigenvalue weighted by Crippen LogP contribution is -2.16. The van der Waals surface area contributed by atoms with E-state index < -0.39 is 0 Å². The third-order valence-electron chi connectivity index (χ3n) is 4.33. The molecule has 0 saturated heterocycles.